The Morgan fingerprint density at radius 1 is 0.952 bits per heavy atom. The average Bonchev–Trinajstić information content (AvgIpc) is 2.25. The van der Waals surface area contributed by atoms with Crippen molar-refractivity contribution in [1.82, 2.24) is 0 Å². The maximum Gasteiger partial charge on any atom is 0.471 e. The summed E-state index contributed by atoms with van der Waals surface area (Å²) in [4.78, 5) is 0. The van der Waals surface area contributed by atoms with Gasteiger partial charge in [-0.05, 0) is 12.1 Å². The largest absolute Gasteiger partial charge is 0.471 e. The van der Waals surface area contributed by atoms with E-state index in [1.54, 1.807) is 0 Å². The van der Waals surface area contributed by atoms with Gasteiger partial charge in [-0.3, -0.25) is 0 Å². The van der Waals surface area contributed by atoms with Gasteiger partial charge < -0.3 is 4.18 Å². The van der Waals surface area contributed by atoms with Crippen molar-refractivity contribution in [3.63, 3.8) is 0 Å². The molecule has 1 aromatic rings. The zero-order chi connectivity index (χ0) is 16.5. The highest BCUT2D eigenvalue weighted by Crippen LogP contribution is 2.45. The first-order valence-electron chi connectivity index (χ1n) is 4.80. The van der Waals surface area contributed by atoms with Crippen LogP contribution in [0.3, 0.4) is 0 Å². The van der Waals surface area contributed by atoms with E-state index in [0.29, 0.717) is 0 Å². The van der Waals surface area contributed by atoms with Gasteiger partial charge in [0.05, 0.1) is 0 Å². The molecule has 0 unspecified atom stereocenters. The monoisotopic (exact) mass is 450 g/mol. The third kappa shape index (κ3) is 4.35. The van der Waals surface area contributed by atoms with Gasteiger partial charge in [-0.25, -0.2) is 4.74 Å². The molecule has 0 N–H and O–H groups in total. The van der Waals surface area contributed by atoms with Crippen molar-refractivity contribution in [3.05, 3.63) is 30.3 Å². The lowest BCUT2D eigenvalue weighted by atomic mass is 10.3. The fourth-order valence-corrected chi connectivity index (χ4v) is 2.08. The van der Waals surface area contributed by atoms with Crippen molar-refractivity contribution in [2.45, 2.75) is 15.5 Å². The molecular formula is C9H5F6IO4S. The van der Waals surface area contributed by atoms with Gasteiger partial charge in [0, 0.05) is 22.6 Å². The first-order chi connectivity index (χ1) is 9.29. The summed E-state index contributed by atoms with van der Waals surface area (Å²) in [6.07, 6.45) is -6.01. The minimum atomic E-state index is -6.29. The summed E-state index contributed by atoms with van der Waals surface area (Å²) in [6.45, 7) is 0. The van der Waals surface area contributed by atoms with Gasteiger partial charge in [0.1, 0.15) is 5.75 Å². The summed E-state index contributed by atoms with van der Waals surface area (Å²) in [5.41, 5.74) is 0. The van der Waals surface area contributed by atoms with Crippen LogP contribution in [0, 0.1) is 0 Å². The zero-order valence-electron chi connectivity index (χ0n) is 9.57. The van der Waals surface area contributed by atoms with E-state index < -0.39 is 31.3 Å². The van der Waals surface area contributed by atoms with E-state index in [2.05, 4.69) is 8.92 Å². The van der Waals surface area contributed by atoms with Gasteiger partial charge in [0.15, 0.2) is 0 Å². The van der Waals surface area contributed by atoms with E-state index in [1.165, 1.54) is 18.2 Å². The highest BCUT2D eigenvalue weighted by atomic mass is 127. The number of para-hydroxylation sites is 1. The number of rotatable bonds is 6. The molecule has 4 nitrogen and oxygen atoms in total. The van der Waals surface area contributed by atoms with Crippen LogP contribution in [0.2, 0.25) is 0 Å². The van der Waals surface area contributed by atoms with E-state index in [-0.39, 0.29) is 22.6 Å². The number of ether oxygens (including phenoxy) is 1. The lowest BCUT2D eigenvalue weighted by Gasteiger charge is -2.26. The quantitative estimate of drug-likeness (QED) is 0.288. The number of hydrogen-bond acceptors (Lipinski definition) is 4. The van der Waals surface area contributed by atoms with Crippen LogP contribution < -0.4 is 4.18 Å². The Morgan fingerprint density at radius 3 is 1.86 bits per heavy atom. The van der Waals surface area contributed by atoms with Gasteiger partial charge in [0.2, 0.25) is 0 Å². The van der Waals surface area contributed by atoms with Gasteiger partial charge in [-0.2, -0.15) is 34.8 Å². The zero-order valence-corrected chi connectivity index (χ0v) is 12.5. The molecule has 0 atom stereocenters. The average molecular weight is 450 g/mol. The van der Waals surface area contributed by atoms with Crippen molar-refractivity contribution in [2.24, 2.45) is 0 Å². The van der Waals surface area contributed by atoms with Crippen molar-refractivity contribution in [1.29, 1.82) is 0 Å². The van der Waals surface area contributed by atoms with Crippen LogP contribution in [0.4, 0.5) is 26.3 Å². The molecule has 0 amide bonds. The standard InChI is InChI=1S/C9H5F6IO4S/c10-7(11,20-9(14,15)16)8(12,13)21(17,18)19-6-4-2-1-3-5-6/h1-5H. The Hall–Kier alpha value is -0.760. The first-order valence-corrected chi connectivity index (χ1v) is 7.29. The highest BCUT2D eigenvalue weighted by molar-refractivity contribution is 14.1. The number of alkyl halides is 7. The third-order valence-corrected chi connectivity index (χ3v) is 3.34. The lowest BCUT2D eigenvalue weighted by Crippen LogP contribution is -2.52. The smallest absolute Gasteiger partial charge is 0.378 e. The summed E-state index contributed by atoms with van der Waals surface area (Å²) in [7, 11) is -6.29. The molecule has 0 saturated heterocycles. The second-order valence-electron chi connectivity index (χ2n) is 3.43. The minimum Gasteiger partial charge on any atom is -0.378 e. The van der Waals surface area contributed by atoms with E-state index in [0.717, 1.165) is 12.1 Å². The minimum absolute atomic E-state index is 0.0109. The van der Waals surface area contributed by atoms with Crippen LogP contribution in [0.1, 0.15) is 0 Å². The Balaban J connectivity index is 3.10. The van der Waals surface area contributed by atoms with Crippen LogP contribution >= 0.6 is 22.6 Å². The molecule has 0 saturated carbocycles. The molecule has 1 rings (SSSR count). The number of hydrogen-bond donors (Lipinski definition) is 0. The molecule has 12 heteroatoms. The van der Waals surface area contributed by atoms with Crippen LogP contribution in [-0.2, 0) is 14.9 Å². The number of halogens is 7. The predicted molar refractivity (Wildman–Crippen MR) is 65.9 cm³/mol. The van der Waals surface area contributed by atoms with E-state index in [9.17, 15) is 34.8 Å². The Morgan fingerprint density at radius 2 is 1.43 bits per heavy atom. The molecule has 0 aliphatic rings. The molecule has 21 heavy (non-hydrogen) atoms. The van der Waals surface area contributed by atoms with E-state index >= 15 is 0 Å². The second kappa shape index (κ2) is 5.79. The molecule has 0 aromatic heterocycles. The predicted octanol–water partition coefficient (Wildman–Crippen LogP) is 3.58. The topological polar surface area (TPSA) is 52.6 Å². The van der Waals surface area contributed by atoms with Crippen molar-refractivity contribution in [2.75, 3.05) is 0 Å². The molecular weight excluding hydrogens is 445 g/mol. The summed E-state index contributed by atoms with van der Waals surface area (Å²) in [5.74, 6) is -0.700. The van der Waals surface area contributed by atoms with Gasteiger partial charge in [-0.1, -0.05) is 18.2 Å². The first kappa shape index (κ1) is 18.3. The molecule has 0 spiro atoms. The van der Waals surface area contributed by atoms with Crippen molar-refractivity contribution < 1.29 is 43.7 Å². The van der Waals surface area contributed by atoms with Gasteiger partial charge in [-0.15, -0.1) is 0 Å². The summed E-state index contributed by atoms with van der Waals surface area (Å²) in [6, 6.07) is 5.50. The molecule has 0 aliphatic heterocycles. The lowest BCUT2D eigenvalue weighted by molar-refractivity contribution is -0.378. The maximum absolute atomic E-state index is 13.3. The molecule has 120 valence electrons. The van der Waals surface area contributed by atoms with Crippen LogP contribution in [0.5, 0.6) is 5.75 Å². The molecule has 0 aliphatic carbocycles. The van der Waals surface area contributed by atoms with Gasteiger partial charge >= 0.3 is 25.6 Å². The molecule has 0 radical (unpaired) electrons. The fraction of sp³-hybridized carbons (Fsp3) is 0.333. The Kier molecular flexibility index (Phi) is 5.05. The normalized spacial score (nSPS) is 14.0. The highest BCUT2D eigenvalue weighted by Gasteiger charge is 2.71. The Labute approximate surface area is 128 Å². The molecule has 1 aromatic carbocycles. The molecule has 0 bridgehead atoms. The second-order valence-corrected chi connectivity index (χ2v) is 6.28. The summed E-state index contributed by atoms with van der Waals surface area (Å²) in [5, 5.41) is -6.04. The SMILES string of the molecule is O=S(=O)(Oc1ccccc1)C(F)(F)C(F)(F)OC(F)(F)I. The van der Waals surface area contributed by atoms with E-state index in [1.807, 2.05) is 0 Å². The van der Waals surface area contributed by atoms with Crippen LogP contribution in [0.25, 0.3) is 0 Å². The molecule has 0 heterocycles. The van der Waals surface area contributed by atoms with Crippen LogP contribution in [-0.4, -0.2) is 23.9 Å². The summed E-state index contributed by atoms with van der Waals surface area (Å²) < 4.78 is 101. The van der Waals surface area contributed by atoms with Gasteiger partial charge in [0.25, 0.3) is 0 Å². The van der Waals surface area contributed by atoms with Crippen LogP contribution in [0.15, 0.2) is 30.3 Å². The number of benzene rings is 1. The third-order valence-electron chi connectivity index (χ3n) is 1.85. The molecule has 0 fully saturated rings. The van der Waals surface area contributed by atoms with Crippen molar-refractivity contribution >= 4 is 32.7 Å². The van der Waals surface area contributed by atoms with Crippen molar-refractivity contribution in [3.8, 4) is 5.75 Å². The van der Waals surface area contributed by atoms with E-state index in [4.69, 9.17) is 0 Å². The maximum atomic E-state index is 13.3. The fourth-order valence-electron chi connectivity index (χ4n) is 1.01. The Bertz CT molecular complexity index is 586. The summed E-state index contributed by atoms with van der Waals surface area (Å²) >= 11 is -0.0109.